The Morgan fingerprint density at radius 2 is 2.00 bits per heavy atom. The van der Waals surface area contributed by atoms with Crippen LogP contribution in [0.3, 0.4) is 0 Å². The van der Waals surface area contributed by atoms with Gasteiger partial charge in [0.1, 0.15) is 0 Å². The van der Waals surface area contributed by atoms with Gasteiger partial charge in [-0.25, -0.2) is 0 Å². The summed E-state index contributed by atoms with van der Waals surface area (Å²) in [6.45, 7) is 4.08. The number of hydrogen-bond donors (Lipinski definition) is 0. The van der Waals surface area contributed by atoms with Gasteiger partial charge in [0, 0.05) is 28.8 Å². The molecule has 0 bridgehead atoms. The van der Waals surface area contributed by atoms with E-state index in [0.29, 0.717) is 0 Å². The molecule has 1 aromatic carbocycles. The van der Waals surface area contributed by atoms with Gasteiger partial charge in [0.25, 0.3) is 5.69 Å². The van der Waals surface area contributed by atoms with Crippen LogP contribution in [0.4, 0.5) is 11.4 Å². The first-order chi connectivity index (χ1) is 7.59. The SMILES string of the molecule is Cc1cc([N+](=O)[O-])cc(I)c1N1CCCC1. The maximum absolute atomic E-state index is 10.7. The summed E-state index contributed by atoms with van der Waals surface area (Å²) in [5, 5.41) is 10.7. The molecule has 1 aliphatic heterocycles. The van der Waals surface area contributed by atoms with Gasteiger partial charge in [-0.1, -0.05) is 0 Å². The normalized spacial score (nSPS) is 15.5. The van der Waals surface area contributed by atoms with Gasteiger partial charge in [0.2, 0.25) is 0 Å². The highest BCUT2D eigenvalue weighted by Gasteiger charge is 2.20. The molecule has 0 aliphatic carbocycles. The van der Waals surface area contributed by atoms with Gasteiger partial charge in [-0.15, -0.1) is 0 Å². The first-order valence-electron chi connectivity index (χ1n) is 5.29. The lowest BCUT2D eigenvalue weighted by molar-refractivity contribution is -0.385. The predicted molar refractivity (Wildman–Crippen MR) is 72.0 cm³/mol. The lowest BCUT2D eigenvalue weighted by Crippen LogP contribution is -2.20. The van der Waals surface area contributed by atoms with Crippen LogP contribution in [0.15, 0.2) is 12.1 Å². The van der Waals surface area contributed by atoms with Crippen molar-refractivity contribution in [1.82, 2.24) is 0 Å². The van der Waals surface area contributed by atoms with E-state index in [1.165, 1.54) is 18.5 Å². The van der Waals surface area contributed by atoms with Crippen molar-refractivity contribution in [3.05, 3.63) is 31.4 Å². The summed E-state index contributed by atoms with van der Waals surface area (Å²) in [6.07, 6.45) is 2.43. The maximum Gasteiger partial charge on any atom is 0.270 e. The lowest BCUT2D eigenvalue weighted by atomic mass is 10.1. The van der Waals surface area contributed by atoms with Crippen molar-refractivity contribution >= 4 is 34.0 Å². The summed E-state index contributed by atoms with van der Waals surface area (Å²) >= 11 is 2.19. The first-order valence-corrected chi connectivity index (χ1v) is 6.37. The zero-order valence-electron chi connectivity index (χ0n) is 9.07. The molecule has 5 heteroatoms. The van der Waals surface area contributed by atoms with Gasteiger partial charge in [-0.2, -0.15) is 0 Å². The Kier molecular flexibility index (Phi) is 3.32. The highest BCUT2D eigenvalue weighted by Crippen LogP contribution is 2.32. The third-order valence-electron chi connectivity index (χ3n) is 2.87. The Hall–Kier alpha value is -0.850. The van der Waals surface area contributed by atoms with Crippen molar-refractivity contribution in [3.8, 4) is 0 Å². The van der Waals surface area contributed by atoms with Crippen molar-refractivity contribution in [2.75, 3.05) is 18.0 Å². The van der Waals surface area contributed by atoms with Crippen LogP contribution < -0.4 is 4.90 Å². The van der Waals surface area contributed by atoms with Gasteiger partial charge < -0.3 is 4.90 Å². The summed E-state index contributed by atoms with van der Waals surface area (Å²) in [7, 11) is 0. The second-order valence-electron chi connectivity index (χ2n) is 4.04. The van der Waals surface area contributed by atoms with E-state index in [9.17, 15) is 10.1 Å². The highest BCUT2D eigenvalue weighted by atomic mass is 127. The number of non-ortho nitro benzene ring substituents is 1. The molecule has 2 rings (SSSR count). The zero-order valence-corrected chi connectivity index (χ0v) is 11.2. The minimum absolute atomic E-state index is 0.185. The van der Waals surface area contributed by atoms with Crippen LogP contribution in [0.25, 0.3) is 0 Å². The molecule has 0 aromatic heterocycles. The fourth-order valence-electron chi connectivity index (χ4n) is 2.17. The number of hydrogen-bond acceptors (Lipinski definition) is 3. The number of aryl methyl sites for hydroxylation is 1. The maximum atomic E-state index is 10.7. The highest BCUT2D eigenvalue weighted by molar-refractivity contribution is 14.1. The van der Waals surface area contributed by atoms with Crippen LogP contribution in [-0.4, -0.2) is 18.0 Å². The zero-order chi connectivity index (χ0) is 11.7. The van der Waals surface area contributed by atoms with Crippen LogP contribution in [0.1, 0.15) is 18.4 Å². The van der Waals surface area contributed by atoms with Crippen LogP contribution in [0, 0.1) is 20.6 Å². The van der Waals surface area contributed by atoms with Crippen LogP contribution in [0.5, 0.6) is 0 Å². The Labute approximate surface area is 108 Å². The van der Waals surface area contributed by atoms with E-state index >= 15 is 0 Å². The van der Waals surface area contributed by atoms with Crippen molar-refractivity contribution in [2.24, 2.45) is 0 Å². The van der Waals surface area contributed by atoms with Gasteiger partial charge >= 0.3 is 0 Å². The largest absolute Gasteiger partial charge is 0.370 e. The molecule has 86 valence electrons. The molecule has 1 fully saturated rings. The number of nitro benzene ring substituents is 1. The van der Waals surface area contributed by atoms with Crippen molar-refractivity contribution < 1.29 is 4.92 Å². The molecule has 0 radical (unpaired) electrons. The van der Waals surface area contributed by atoms with Crippen LogP contribution in [-0.2, 0) is 0 Å². The van der Waals surface area contributed by atoms with E-state index in [1.807, 2.05) is 6.92 Å². The van der Waals surface area contributed by atoms with Crippen molar-refractivity contribution in [2.45, 2.75) is 19.8 Å². The fourth-order valence-corrected chi connectivity index (χ4v) is 3.25. The van der Waals surface area contributed by atoms with Gasteiger partial charge in [0.05, 0.1) is 10.6 Å². The summed E-state index contributed by atoms with van der Waals surface area (Å²) in [6, 6.07) is 3.32. The number of anilines is 1. The van der Waals surface area contributed by atoms with Crippen LogP contribution >= 0.6 is 22.6 Å². The second-order valence-corrected chi connectivity index (χ2v) is 5.21. The Balaban J connectivity index is 2.42. The molecule has 1 aromatic rings. The molecule has 0 N–H and O–H groups in total. The Morgan fingerprint density at radius 3 is 2.50 bits per heavy atom. The summed E-state index contributed by atoms with van der Waals surface area (Å²) < 4.78 is 0.978. The molecule has 0 saturated carbocycles. The molecule has 0 atom stereocenters. The van der Waals surface area contributed by atoms with E-state index in [-0.39, 0.29) is 10.6 Å². The number of nitro groups is 1. The lowest BCUT2D eigenvalue weighted by Gasteiger charge is -2.21. The van der Waals surface area contributed by atoms with Gasteiger partial charge in [0.15, 0.2) is 0 Å². The summed E-state index contributed by atoms with van der Waals surface area (Å²) in [5.41, 5.74) is 2.36. The van der Waals surface area contributed by atoms with Crippen molar-refractivity contribution in [1.29, 1.82) is 0 Å². The molecule has 1 saturated heterocycles. The number of nitrogens with zero attached hydrogens (tertiary/aromatic N) is 2. The molecule has 0 amide bonds. The number of halogens is 1. The average molecular weight is 332 g/mol. The topological polar surface area (TPSA) is 46.4 Å². The molecule has 0 unspecified atom stereocenters. The Bertz CT molecular complexity index is 405. The molecule has 1 aliphatic rings. The standard InChI is InChI=1S/C11H13IN2O2/c1-8-6-9(14(15)16)7-10(12)11(8)13-4-2-3-5-13/h6-7H,2-5H2,1H3. The number of benzene rings is 1. The molecule has 4 nitrogen and oxygen atoms in total. The quantitative estimate of drug-likeness (QED) is 0.475. The second kappa shape index (κ2) is 4.57. The van der Waals surface area contributed by atoms with Gasteiger partial charge in [-0.3, -0.25) is 10.1 Å². The molecule has 16 heavy (non-hydrogen) atoms. The molecular formula is C11H13IN2O2. The minimum Gasteiger partial charge on any atom is -0.370 e. The molecule has 0 spiro atoms. The monoisotopic (exact) mass is 332 g/mol. The molecular weight excluding hydrogens is 319 g/mol. The van der Waals surface area contributed by atoms with E-state index in [0.717, 1.165) is 22.2 Å². The fraction of sp³-hybridized carbons (Fsp3) is 0.455. The average Bonchev–Trinajstić information content (AvgIpc) is 2.69. The number of rotatable bonds is 2. The molecule has 1 heterocycles. The Morgan fingerprint density at radius 1 is 1.38 bits per heavy atom. The third-order valence-corrected chi connectivity index (χ3v) is 3.69. The smallest absolute Gasteiger partial charge is 0.270 e. The van der Waals surface area contributed by atoms with Crippen molar-refractivity contribution in [3.63, 3.8) is 0 Å². The van der Waals surface area contributed by atoms with Gasteiger partial charge in [-0.05, 0) is 47.9 Å². The summed E-state index contributed by atoms with van der Waals surface area (Å²) in [5.74, 6) is 0. The van der Waals surface area contributed by atoms with Crippen LogP contribution in [0.2, 0.25) is 0 Å². The predicted octanol–water partition coefficient (Wildman–Crippen LogP) is 3.11. The van der Waals surface area contributed by atoms with E-state index in [1.54, 1.807) is 12.1 Å². The minimum atomic E-state index is -0.330. The van der Waals surface area contributed by atoms with E-state index in [2.05, 4.69) is 27.5 Å². The van der Waals surface area contributed by atoms with E-state index < -0.39 is 0 Å². The van der Waals surface area contributed by atoms with E-state index in [4.69, 9.17) is 0 Å². The first kappa shape index (κ1) is 11.6. The third kappa shape index (κ3) is 2.14. The summed E-state index contributed by atoms with van der Waals surface area (Å²) in [4.78, 5) is 12.7.